The maximum absolute atomic E-state index is 5.41. The zero-order valence-electron chi connectivity index (χ0n) is 15.6. The predicted molar refractivity (Wildman–Crippen MR) is 107 cm³/mol. The SMILES string of the molecule is CCCCCCCCc1n[nH]c(=S)n1-c1nnc(CCCCCC)s1. The van der Waals surface area contributed by atoms with Gasteiger partial charge in [-0.05, 0) is 25.1 Å². The quantitative estimate of drug-likeness (QED) is 0.351. The highest BCUT2D eigenvalue weighted by molar-refractivity contribution is 7.71. The van der Waals surface area contributed by atoms with Gasteiger partial charge in [0.1, 0.15) is 10.8 Å². The Morgan fingerprint density at radius 1 is 0.880 bits per heavy atom. The summed E-state index contributed by atoms with van der Waals surface area (Å²) in [6.07, 6.45) is 14.6. The number of unbranched alkanes of at least 4 members (excludes halogenated alkanes) is 8. The molecule has 0 saturated heterocycles. The molecule has 2 heterocycles. The number of aromatic amines is 1. The van der Waals surface area contributed by atoms with E-state index >= 15 is 0 Å². The van der Waals surface area contributed by atoms with Gasteiger partial charge in [-0.3, -0.25) is 5.10 Å². The van der Waals surface area contributed by atoms with Gasteiger partial charge in [-0.1, -0.05) is 76.6 Å². The van der Waals surface area contributed by atoms with Crippen molar-refractivity contribution < 1.29 is 0 Å². The van der Waals surface area contributed by atoms with E-state index in [9.17, 15) is 0 Å². The van der Waals surface area contributed by atoms with Crippen LogP contribution in [-0.2, 0) is 12.8 Å². The molecule has 0 radical (unpaired) electrons. The van der Waals surface area contributed by atoms with Gasteiger partial charge >= 0.3 is 0 Å². The van der Waals surface area contributed by atoms with Gasteiger partial charge in [0.15, 0.2) is 0 Å². The minimum Gasteiger partial charge on any atom is -0.251 e. The number of hydrogen-bond donors (Lipinski definition) is 1. The smallest absolute Gasteiger partial charge is 0.220 e. The highest BCUT2D eigenvalue weighted by Gasteiger charge is 2.13. The van der Waals surface area contributed by atoms with Crippen LogP contribution in [0.2, 0.25) is 0 Å². The number of nitrogens with zero attached hydrogens (tertiary/aromatic N) is 4. The van der Waals surface area contributed by atoms with Crippen LogP contribution in [0.4, 0.5) is 0 Å². The lowest BCUT2D eigenvalue weighted by molar-refractivity contribution is 0.598. The van der Waals surface area contributed by atoms with Crippen LogP contribution in [-0.4, -0.2) is 25.0 Å². The average molecular weight is 382 g/mol. The van der Waals surface area contributed by atoms with E-state index in [0.29, 0.717) is 4.77 Å². The van der Waals surface area contributed by atoms with Gasteiger partial charge in [0, 0.05) is 12.8 Å². The fraction of sp³-hybridized carbons (Fsp3) is 0.778. The van der Waals surface area contributed by atoms with Crippen molar-refractivity contribution >= 4 is 23.6 Å². The van der Waals surface area contributed by atoms with Gasteiger partial charge in [0.05, 0.1) is 0 Å². The maximum Gasteiger partial charge on any atom is 0.220 e. The van der Waals surface area contributed by atoms with Gasteiger partial charge in [-0.15, -0.1) is 10.2 Å². The Labute approximate surface area is 160 Å². The first kappa shape index (κ1) is 20.2. The van der Waals surface area contributed by atoms with E-state index in [4.69, 9.17) is 12.2 Å². The normalized spacial score (nSPS) is 11.3. The van der Waals surface area contributed by atoms with Gasteiger partial charge < -0.3 is 0 Å². The van der Waals surface area contributed by atoms with Crippen molar-refractivity contribution in [2.45, 2.75) is 90.9 Å². The second kappa shape index (κ2) is 11.5. The molecule has 5 nitrogen and oxygen atoms in total. The molecule has 140 valence electrons. The molecule has 0 aliphatic carbocycles. The first-order valence-electron chi connectivity index (χ1n) is 9.75. The van der Waals surface area contributed by atoms with E-state index in [-0.39, 0.29) is 0 Å². The molecule has 1 N–H and O–H groups in total. The summed E-state index contributed by atoms with van der Waals surface area (Å²) in [5, 5.41) is 18.0. The standard InChI is InChI=1S/C18H31N5S2/c1-3-5-7-9-10-11-13-15-19-21-17(24)23(15)18-22-20-16(25-18)14-12-8-6-4-2/h3-14H2,1-2H3,(H,21,24). The topological polar surface area (TPSA) is 59.4 Å². The molecule has 0 spiro atoms. The Morgan fingerprint density at radius 3 is 2.28 bits per heavy atom. The molecule has 7 heteroatoms. The van der Waals surface area contributed by atoms with Gasteiger partial charge in [0.2, 0.25) is 9.90 Å². The lowest BCUT2D eigenvalue weighted by Crippen LogP contribution is -2.01. The number of rotatable bonds is 13. The fourth-order valence-corrected chi connectivity index (χ4v) is 4.10. The fourth-order valence-electron chi connectivity index (χ4n) is 2.90. The monoisotopic (exact) mass is 381 g/mol. The molecule has 25 heavy (non-hydrogen) atoms. The van der Waals surface area contributed by atoms with Gasteiger partial charge in [0.25, 0.3) is 0 Å². The predicted octanol–water partition coefficient (Wildman–Crippen LogP) is 5.81. The summed E-state index contributed by atoms with van der Waals surface area (Å²) in [6, 6.07) is 0. The maximum atomic E-state index is 5.41. The third-order valence-corrected chi connectivity index (χ3v) is 5.63. The Hall–Kier alpha value is -1.08. The van der Waals surface area contributed by atoms with Crippen LogP contribution in [0.3, 0.4) is 0 Å². The summed E-state index contributed by atoms with van der Waals surface area (Å²) in [5.41, 5.74) is 0. The largest absolute Gasteiger partial charge is 0.251 e. The second-order valence-electron chi connectivity index (χ2n) is 6.59. The molecule has 2 rings (SSSR count). The van der Waals surface area contributed by atoms with Crippen molar-refractivity contribution in [2.75, 3.05) is 0 Å². The first-order valence-corrected chi connectivity index (χ1v) is 11.0. The molecule has 2 aromatic heterocycles. The molecule has 0 unspecified atom stereocenters. The highest BCUT2D eigenvalue weighted by Crippen LogP contribution is 2.20. The molecule has 0 fully saturated rings. The van der Waals surface area contributed by atoms with Crippen molar-refractivity contribution in [1.82, 2.24) is 25.0 Å². The zero-order chi connectivity index (χ0) is 17.9. The number of aryl methyl sites for hydroxylation is 2. The van der Waals surface area contributed by atoms with Crippen LogP contribution in [0.1, 0.15) is 88.9 Å². The van der Waals surface area contributed by atoms with E-state index in [1.807, 2.05) is 4.57 Å². The van der Waals surface area contributed by atoms with Crippen LogP contribution in [0, 0.1) is 4.77 Å². The molecule has 0 aromatic carbocycles. The lowest BCUT2D eigenvalue weighted by Gasteiger charge is -2.03. The Bertz CT molecular complexity index is 658. The minimum atomic E-state index is 0.620. The van der Waals surface area contributed by atoms with Crippen LogP contribution in [0.5, 0.6) is 0 Å². The molecule has 0 aliphatic rings. The van der Waals surface area contributed by atoms with Crippen LogP contribution < -0.4 is 0 Å². The first-order chi connectivity index (χ1) is 12.3. The number of hydrogen-bond acceptors (Lipinski definition) is 5. The van der Waals surface area contributed by atoms with Crippen molar-refractivity contribution in [3.63, 3.8) is 0 Å². The summed E-state index contributed by atoms with van der Waals surface area (Å²) >= 11 is 7.05. The van der Waals surface area contributed by atoms with Crippen LogP contribution >= 0.6 is 23.6 Å². The molecule has 0 amide bonds. The molecular formula is C18H31N5S2. The second-order valence-corrected chi connectivity index (χ2v) is 8.01. The Morgan fingerprint density at radius 2 is 1.52 bits per heavy atom. The summed E-state index contributed by atoms with van der Waals surface area (Å²) < 4.78 is 2.59. The number of H-pyrrole nitrogens is 1. The molecule has 0 bridgehead atoms. The minimum absolute atomic E-state index is 0.620. The summed E-state index contributed by atoms with van der Waals surface area (Å²) in [4.78, 5) is 0. The molecule has 0 saturated carbocycles. The van der Waals surface area contributed by atoms with Crippen LogP contribution in [0.15, 0.2) is 0 Å². The summed E-state index contributed by atoms with van der Waals surface area (Å²) in [5.74, 6) is 0.981. The number of aromatic nitrogens is 5. The van der Waals surface area contributed by atoms with Crippen molar-refractivity contribution in [2.24, 2.45) is 0 Å². The van der Waals surface area contributed by atoms with E-state index in [2.05, 4.69) is 34.2 Å². The average Bonchev–Trinajstić information content (AvgIpc) is 3.21. The highest BCUT2D eigenvalue weighted by atomic mass is 32.1. The Kier molecular flexibility index (Phi) is 9.32. The van der Waals surface area contributed by atoms with Crippen LogP contribution in [0.25, 0.3) is 5.13 Å². The van der Waals surface area contributed by atoms with Crippen molar-refractivity contribution in [3.05, 3.63) is 15.6 Å². The van der Waals surface area contributed by atoms with E-state index < -0.39 is 0 Å². The van der Waals surface area contributed by atoms with Gasteiger partial charge in [-0.2, -0.15) is 5.10 Å². The molecule has 2 aromatic rings. The summed E-state index contributed by atoms with van der Waals surface area (Å²) in [6.45, 7) is 4.48. The Balaban J connectivity index is 1.90. The van der Waals surface area contributed by atoms with Crippen molar-refractivity contribution in [1.29, 1.82) is 0 Å². The van der Waals surface area contributed by atoms with E-state index in [1.54, 1.807) is 11.3 Å². The molecular weight excluding hydrogens is 350 g/mol. The summed E-state index contributed by atoms with van der Waals surface area (Å²) in [7, 11) is 0. The van der Waals surface area contributed by atoms with E-state index in [0.717, 1.165) is 35.2 Å². The van der Waals surface area contributed by atoms with E-state index in [1.165, 1.54) is 57.8 Å². The molecule has 0 aliphatic heterocycles. The zero-order valence-corrected chi connectivity index (χ0v) is 17.2. The third-order valence-electron chi connectivity index (χ3n) is 4.39. The third kappa shape index (κ3) is 6.62. The van der Waals surface area contributed by atoms with Crippen molar-refractivity contribution in [3.8, 4) is 5.13 Å². The lowest BCUT2D eigenvalue weighted by atomic mass is 10.1. The van der Waals surface area contributed by atoms with Gasteiger partial charge in [-0.25, -0.2) is 4.57 Å². The number of nitrogens with one attached hydrogen (secondary N) is 1. The molecule has 0 atom stereocenters.